The Hall–Kier alpha value is -2.97. The topological polar surface area (TPSA) is 97.1 Å². The maximum atomic E-state index is 12.3. The molecule has 8 heteroatoms. The summed E-state index contributed by atoms with van der Waals surface area (Å²) in [5.74, 6) is -0.257. The van der Waals surface area contributed by atoms with E-state index in [1.807, 2.05) is 25.1 Å². The minimum atomic E-state index is -0.215. The highest BCUT2D eigenvalue weighted by Crippen LogP contribution is 2.36. The molecule has 4 N–H and O–H groups in total. The van der Waals surface area contributed by atoms with Gasteiger partial charge in [-0.3, -0.25) is 14.6 Å². The highest BCUT2D eigenvalue weighted by Gasteiger charge is 2.23. The van der Waals surface area contributed by atoms with Crippen molar-refractivity contribution in [3.8, 4) is 0 Å². The molecule has 3 aromatic rings. The standard InChI is InChI=1S/C16H14N2O2S2.C5H6N2/c1-9-15(19)18-13-8-10(2-7-14(13)22-9)16(20)17-11-3-5-12(21)6-4-11;6-5-1-3-7-4-2-5/h2-9,21H,1H3,(H,17,20)(H,18,19);1-4H,(H2,6,7). The number of anilines is 3. The summed E-state index contributed by atoms with van der Waals surface area (Å²) in [5, 5.41) is 5.53. The average molecular weight is 425 g/mol. The first-order chi connectivity index (χ1) is 13.9. The Morgan fingerprint density at radius 2 is 1.83 bits per heavy atom. The van der Waals surface area contributed by atoms with Crippen LogP contribution in [0.3, 0.4) is 0 Å². The van der Waals surface area contributed by atoms with Crippen molar-refractivity contribution in [1.82, 2.24) is 4.98 Å². The van der Waals surface area contributed by atoms with Crippen molar-refractivity contribution in [3.63, 3.8) is 0 Å². The Kier molecular flexibility index (Phi) is 6.79. The Labute approximate surface area is 178 Å². The van der Waals surface area contributed by atoms with E-state index in [-0.39, 0.29) is 17.1 Å². The molecule has 0 bridgehead atoms. The number of thiol groups is 1. The molecule has 4 rings (SSSR count). The molecule has 0 radical (unpaired) electrons. The predicted octanol–water partition coefficient (Wildman–Crippen LogP) is 4.32. The number of hydrogen-bond donors (Lipinski definition) is 4. The molecule has 1 atom stereocenters. The summed E-state index contributed by atoms with van der Waals surface area (Å²) >= 11 is 5.70. The fraction of sp³-hybridized carbons (Fsp3) is 0.0952. The molecule has 0 saturated carbocycles. The average Bonchev–Trinajstić information content (AvgIpc) is 2.71. The van der Waals surface area contributed by atoms with Crippen LogP contribution in [0.25, 0.3) is 0 Å². The summed E-state index contributed by atoms with van der Waals surface area (Å²) in [6.45, 7) is 1.86. The maximum Gasteiger partial charge on any atom is 0.255 e. The van der Waals surface area contributed by atoms with Gasteiger partial charge < -0.3 is 16.4 Å². The second kappa shape index (κ2) is 9.49. The van der Waals surface area contributed by atoms with Crippen molar-refractivity contribution in [2.45, 2.75) is 22.0 Å². The molecule has 1 aliphatic heterocycles. The van der Waals surface area contributed by atoms with Gasteiger partial charge in [-0.05, 0) is 61.5 Å². The molecule has 29 heavy (non-hydrogen) atoms. The number of pyridine rings is 1. The Morgan fingerprint density at radius 3 is 2.45 bits per heavy atom. The Bertz CT molecular complexity index is 1010. The monoisotopic (exact) mass is 424 g/mol. The van der Waals surface area contributed by atoms with Gasteiger partial charge in [0.15, 0.2) is 0 Å². The van der Waals surface area contributed by atoms with Crippen molar-refractivity contribution in [1.29, 1.82) is 0 Å². The predicted molar refractivity (Wildman–Crippen MR) is 121 cm³/mol. The van der Waals surface area contributed by atoms with Crippen LogP contribution in [-0.2, 0) is 4.79 Å². The van der Waals surface area contributed by atoms with Crippen molar-refractivity contribution in [3.05, 3.63) is 72.6 Å². The van der Waals surface area contributed by atoms with E-state index in [9.17, 15) is 9.59 Å². The van der Waals surface area contributed by atoms with Crippen molar-refractivity contribution < 1.29 is 9.59 Å². The number of carbonyl (C=O) groups excluding carboxylic acids is 2. The quantitative estimate of drug-likeness (QED) is 0.459. The van der Waals surface area contributed by atoms with E-state index in [2.05, 4.69) is 28.2 Å². The van der Waals surface area contributed by atoms with E-state index < -0.39 is 0 Å². The van der Waals surface area contributed by atoms with Crippen molar-refractivity contribution in [2.24, 2.45) is 0 Å². The van der Waals surface area contributed by atoms with Crippen LogP contribution in [0.2, 0.25) is 0 Å². The number of nitrogens with one attached hydrogen (secondary N) is 2. The van der Waals surface area contributed by atoms with Gasteiger partial charge in [-0.2, -0.15) is 0 Å². The van der Waals surface area contributed by atoms with Gasteiger partial charge in [-0.15, -0.1) is 24.4 Å². The number of nitrogen functional groups attached to an aromatic ring is 1. The summed E-state index contributed by atoms with van der Waals surface area (Å²) in [7, 11) is 0. The molecule has 148 valence electrons. The van der Waals surface area contributed by atoms with Crippen molar-refractivity contribution in [2.75, 3.05) is 16.4 Å². The number of thioether (sulfide) groups is 1. The van der Waals surface area contributed by atoms with Crippen LogP contribution in [0.15, 0.2) is 76.8 Å². The fourth-order valence-electron chi connectivity index (χ4n) is 2.46. The first-order valence-corrected chi connectivity index (χ1v) is 10.1. The van der Waals surface area contributed by atoms with Crippen LogP contribution >= 0.6 is 24.4 Å². The minimum Gasteiger partial charge on any atom is -0.399 e. The third kappa shape index (κ3) is 5.75. The molecular weight excluding hydrogens is 404 g/mol. The second-order valence-electron chi connectivity index (χ2n) is 6.24. The summed E-state index contributed by atoms with van der Waals surface area (Å²) < 4.78 is 0. The van der Waals surface area contributed by atoms with Gasteiger partial charge in [-0.1, -0.05) is 0 Å². The number of nitrogens with zero attached hydrogens (tertiary/aromatic N) is 1. The molecule has 0 aliphatic carbocycles. The van der Waals surface area contributed by atoms with Crippen LogP contribution in [0.4, 0.5) is 17.1 Å². The lowest BCUT2D eigenvalue weighted by atomic mass is 10.1. The molecule has 0 saturated heterocycles. The van der Waals surface area contributed by atoms with E-state index in [0.29, 0.717) is 16.9 Å². The smallest absolute Gasteiger partial charge is 0.255 e. The molecule has 2 heterocycles. The van der Waals surface area contributed by atoms with E-state index in [1.165, 1.54) is 11.8 Å². The molecule has 1 aliphatic rings. The van der Waals surface area contributed by atoms with E-state index in [4.69, 9.17) is 5.73 Å². The first-order valence-electron chi connectivity index (χ1n) is 8.80. The summed E-state index contributed by atoms with van der Waals surface area (Å²) in [5.41, 5.74) is 7.97. The van der Waals surface area contributed by atoms with Gasteiger partial charge in [0.2, 0.25) is 5.91 Å². The highest BCUT2D eigenvalue weighted by molar-refractivity contribution is 8.00. The molecular formula is C21H20N4O2S2. The normalized spacial score (nSPS) is 14.7. The number of hydrogen-bond acceptors (Lipinski definition) is 6. The van der Waals surface area contributed by atoms with Gasteiger partial charge in [0, 0.05) is 39.1 Å². The fourth-order valence-corrected chi connectivity index (χ4v) is 3.54. The van der Waals surface area contributed by atoms with E-state index in [1.54, 1.807) is 48.8 Å². The molecule has 2 aromatic carbocycles. The first kappa shape index (κ1) is 20.8. The lowest BCUT2D eigenvalue weighted by Crippen LogP contribution is -2.26. The molecule has 1 unspecified atom stereocenters. The van der Waals surface area contributed by atoms with Crippen LogP contribution in [-0.4, -0.2) is 22.0 Å². The number of carbonyl (C=O) groups is 2. The molecule has 0 spiro atoms. The van der Waals surface area contributed by atoms with Crippen LogP contribution in [0.5, 0.6) is 0 Å². The van der Waals surface area contributed by atoms with Gasteiger partial charge >= 0.3 is 0 Å². The number of nitrogens with two attached hydrogens (primary N) is 1. The lowest BCUT2D eigenvalue weighted by molar-refractivity contribution is -0.115. The lowest BCUT2D eigenvalue weighted by Gasteiger charge is -2.21. The summed E-state index contributed by atoms with van der Waals surface area (Å²) in [6.07, 6.45) is 3.32. The maximum absolute atomic E-state index is 12.3. The van der Waals surface area contributed by atoms with Gasteiger partial charge in [0.25, 0.3) is 5.91 Å². The third-order valence-electron chi connectivity index (χ3n) is 4.00. The highest BCUT2D eigenvalue weighted by atomic mass is 32.2. The van der Waals surface area contributed by atoms with Crippen LogP contribution in [0, 0.1) is 0 Å². The zero-order chi connectivity index (χ0) is 20.8. The number of rotatable bonds is 2. The van der Waals surface area contributed by atoms with Gasteiger partial charge in [0.05, 0.1) is 10.9 Å². The largest absolute Gasteiger partial charge is 0.399 e. The minimum absolute atomic E-state index is 0.0422. The van der Waals surface area contributed by atoms with Gasteiger partial charge in [0.1, 0.15) is 0 Å². The van der Waals surface area contributed by atoms with Crippen LogP contribution < -0.4 is 16.4 Å². The number of fused-ring (bicyclic) bond motifs is 1. The Morgan fingerprint density at radius 1 is 1.14 bits per heavy atom. The second-order valence-corrected chi connectivity index (χ2v) is 8.14. The SMILES string of the molecule is CC1Sc2ccc(C(=O)Nc3ccc(S)cc3)cc2NC1=O.Nc1ccncc1. The van der Waals surface area contributed by atoms with Gasteiger partial charge in [-0.25, -0.2) is 0 Å². The summed E-state index contributed by atoms with van der Waals surface area (Å²) in [4.78, 5) is 29.6. The number of aromatic nitrogens is 1. The summed E-state index contributed by atoms with van der Waals surface area (Å²) in [6, 6.07) is 16.0. The van der Waals surface area contributed by atoms with Crippen LogP contribution in [0.1, 0.15) is 17.3 Å². The molecule has 2 amide bonds. The zero-order valence-electron chi connectivity index (χ0n) is 15.6. The van der Waals surface area contributed by atoms with E-state index in [0.717, 1.165) is 15.5 Å². The van der Waals surface area contributed by atoms with Crippen molar-refractivity contribution >= 4 is 53.3 Å². The molecule has 0 fully saturated rings. The molecule has 1 aromatic heterocycles. The zero-order valence-corrected chi connectivity index (χ0v) is 17.3. The third-order valence-corrected chi connectivity index (χ3v) is 5.48. The molecule has 6 nitrogen and oxygen atoms in total. The number of benzene rings is 2. The van der Waals surface area contributed by atoms with E-state index >= 15 is 0 Å². The number of amides is 2. The Balaban J connectivity index is 0.000000290.